The third-order valence-corrected chi connectivity index (χ3v) is 4.40. The molecule has 21 heavy (non-hydrogen) atoms. The number of carbonyl (C=O) groups excluding carboxylic acids is 1. The molecule has 2 rings (SSSR count). The van der Waals surface area contributed by atoms with Crippen molar-refractivity contribution >= 4 is 17.7 Å². The summed E-state index contributed by atoms with van der Waals surface area (Å²) >= 11 is 0. The van der Waals surface area contributed by atoms with Gasteiger partial charge in [0.25, 0.3) is 0 Å². The van der Waals surface area contributed by atoms with Gasteiger partial charge in [-0.25, -0.2) is 9.59 Å². The predicted octanol–water partition coefficient (Wildman–Crippen LogP) is 3.06. The predicted molar refractivity (Wildman–Crippen MR) is 81.8 cm³/mol. The van der Waals surface area contributed by atoms with Crippen molar-refractivity contribution in [2.75, 3.05) is 18.5 Å². The molecule has 1 fully saturated rings. The first kappa shape index (κ1) is 15.4. The van der Waals surface area contributed by atoms with E-state index in [1.54, 1.807) is 25.2 Å². The average molecular weight is 290 g/mol. The number of hydrogen-bond donors (Lipinski definition) is 1. The molecule has 0 radical (unpaired) electrons. The van der Waals surface area contributed by atoms with Crippen LogP contribution < -0.4 is 4.90 Å². The number of anilines is 1. The van der Waals surface area contributed by atoms with E-state index in [-0.39, 0.29) is 17.6 Å². The van der Waals surface area contributed by atoms with Crippen LogP contribution in [0.1, 0.15) is 37.0 Å². The minimum absolute atomic E-state index is 0.136. The number of nitrogens with zero attached hydrogens (tertiary/aromatic N) is 2. The van der Waals surface area contributed by atoms with Crippen LogP contribution in [0.5, 0.6) is 0 Å². The van der Waals surface area contributed by atoms with Crippen molar-refractivity contribution < 1.29 is 14.7 Å². The molecular formula is C16H22N2O3. The fourth-order valence-electron chi connectivity index (χ4n) is 2.85. The first-order valence-corrected chi connectivity index (χ1v) is 7.30. The minimum atomic E-state index is -1.02. The van der Waals surface area contributed by atoms with Gasteiger partial charge < -0.3 is 10.0 Å². The van der Waals surface area contributed by atoms with Gasteiger partial charge in [-0.05, 0) is 37.8 Å². The fraction of sp³-hybridized carbons (Fsp3) is 0.500. The monoisotopic (exact) mass is 290 g/mol. The number of carboxylic acids is 1. The van der Waals surface area contributed by atoms with Crippen LogP contribution in [-0.4, -0.2) is 41.6 Å². The average Bonchev–Trinajstić information content (AvgIpc) is 2.48. The molecule has 5 nitrogen and oxygen atoms in total. The molecular weight excluding hydrogens is 268 g/mol. The molecule has 1 N–H and O–H groups in total. The minimum Gasteiger partial charge on any atom is -0.478 e. The van der Waals surface area contributed by atoms with Gasteiger partial charge in [-0.3, -0.25) is 4.90 Å². The van der Waals surface area contributed by atoms with Gasteiger partial charge in [0.2, 0.25) is 0 Å². The lowest BCUT2D eigenvalue weighted by Crippen LogP contribution is -2.51. The first-order chi connectivity index (χ1) is 9.93. The lowest BCUT2D eigenvalue weighted by molar-refractivity contribution is 0.0697. The second-order valence-electron chi connectivity index (χ2n) is 5.72. The standard InChI is InChI=1S/C16H22N2O3/c1-11-7-6-10-18(12(11)2)16(21)17(3)14-9-5-4-8-13(14)15(19)20/h4-5,8-9,11-12H,6-7,10H2,1-3H3,(H,19,20). The van der Waals surface area contributed by atoms with Gasteiger partial charge in [-0.1, -0.05) is 19.1 Å². The largest absolute Gasteiger partial charge is 0.478 e. The van der Waals surface area contributed by atoms with Gasteiger partial charge in [0, 0.05) is 19.6 Å². The number of carbonyl (C=O) groups is 2. The Balaban J connectivity index is 2.25. The van der Waals surface area contributed by atoms with Crippen LogP contribution >= 0.6 is 0 Å². The summed E-state index contributed by atoms with van der Waals surface area (Å²) in [7, 11) is 1.64. The number of amides is 2. The molecule has 2 atom stereocenters. The normalized spacial score (nSPS) is 22.0. The van der Waals surface area contributed by atoms with Gasteiger partial charge in [-0.2, -0.15) is 0 Å². The van der Waals surface area contributed by atoms with E-state index < -0.39 is 5.97 Å². The summed E-state index contributed by atoms with van der Waals surface area (Å²) in [4.78, 5) is 27.3. The molecule has 0 bridgehead atoms. The van der Waals surface area contributed by atoms with E-state index in [1.807, 2.05) is 4.90 Å². The molecule has 1 aromatic rings. The number of hydrogen-bond acceptors (Lipinski definition) is 2. The summed E-state index contributed by atoms with van der Waals surface area (Å²) < 4.78 is 0. The number of para-hydroxylation sites is 1. The molecule has 0 spiro atoms. The number of likely N-dealkylation sites (tertiary alicyclic amines) is 1. The van der Waals surface area contributed by atoms with Gasteiger partial charge in [0.05, 0.1) is 11.3 Å². The Hall–Kier alpha value is -2.04. The third-order valence-electron chi connectivity index (χ3n) is 4.40. The Morgan fingerprint density at radius 2 is 1.95 bits per heavy atom. The number of aromatic carboxylic acids is 1. The van der Waals surface area contributed by atoms with E-state index >= 15 is 0 Å². The molecule has 5 heteroatoms. The van der Waals surface area contributed by atoms with E-state index in [9.17, 15) is 14.7 Å². The lowest BCUT2D eigenvalue weighted by atomic mass is 9.92. The number of rotatable bonds is 2. The van der Waals surface area contributed by atoms with Gasteiger partial charge in [0.1, 0.15) is 0 Å². The zero-order valence-electron chi connectivity index (χ0n) is 12.7. The molecule has 0 aromatic heterocycles. The molecule has 2 amide bonds. The Bertz CT molecular complexity index is 544. The van der Waals surface area contributed by atoms with E-state index in [0.717, 1.165) is 19.4 Å². The molecule has 1 aromatic carbocycles. The fourth-order valence-corrected chi connectivity index (χ4v) is 2.85. The highest BCUT2D eigenvalue weighted by Crippen LogP contribution is 2.26. The van der Waals surface area contributed by atoms with Crippen LogP contribution in [0.25, 0.3) is 0 Å². The molecule has 0 aliphatic carbocycles. The van der Waals surface area contributed by atoms with Crippen molar-refractivity contribution in [3.8, 4) is 0 Å². The number of urea groups is 1. The van der Waals surface area contributed by atoms with Crippen molar-refractivity contribution in [2.45, 2.75) is 32.7 Å². The summed E-state index contributed by atoms with van der Waals surface area (Å²) in [5.74, 6) is -0.559. The van der Waals surface area contributed by atoms with E-state index in [1.165, 1.54) is 11.0 Å². The molecule has 114 valence electrons. The maximum atomic E-state index is 12.7. The van der Waals surface area contributed by atoms with Crippen LogP contribution in [-0.2, 0) is 0 Å². The Morgan fingerprint density at radius 3 is 2.62 bits per heavy atom. The summed E-state index contributed by atoms with van der Waals surface area (Å²) in [6.45, 7) is 4.93. The van der Waals surface area contributed by atoms with Crippen LogP contribution in [0.4, 0.5) is 10.5 Å². The van der Waals surface area contributed by atoms with E-state index in [4.69, 9.17) is 0 Å². The zero-order chi connectivity index (χ0) is 15.6. The van der Waals surface area contributed by atoms with E-state index in [2.05, 4.69) is 13.8 Å². The smallest absolute Gasteiger partial charge is 0.337 e. The Morgan fingerprint density at radius 1 is 1.29 bits per heavy atom. The number of piperidine rings is 1. The highest BCUT2D eigenvalue weighted by Gasteiger charge is 2.31. The molecule has 1 saturated heterocycles. The van der Waals surface area contributed by atoms with Gasteiger partial charge in [0.15, 0.2) is 0 Å². The summed E-state index contributed by atoms with van der Waals surface area (Å²) in [5.41, 5.74) is 0.575. The molecule has 1 heterocycles. The number of carboxylic acid groups (broad SMARTS) is 1. The van der Waals surface area contributed by atoms with Crippen LogP contribution in [0, 0.1) is 5.92 Å². The first-order valence-electron chi connectivity index (χ1n) is 7.30. The lowest BCUT2D eigenvalue weighted by Gasteiger charge is -2.40. The van der Waals surface area contributed by atoms with Crippen LogP contribution in [0.15, 0.2) is 24.3 Å². The maximum absolute atomic E-state index is 12.7. The second-order valence-corrected chi connectivity index (χ2v) is 5.72. The zero-order valence-corrected chi connectivity index (χ0v) is 12.7. The molecule has 0 saturated carbocycles. The molecule has 1 aliphatic rings. The number of benzene rings is 1. The second kappa shape index (κ2) is 6.16. The topological polar surface area (TPSA) is 60.9 Å². The van der Waals surface area contributed by atoms with Crippen LogP contribution in [0.2, 0.25) is 0 Å². The third kappa shape index (κ3) is 3.01. The highest BCUT2D eigenvalue weighted by atomic mass is 16.4. The van der Waals surface area contributed by atoms with Crippen molar-refractivity contribution in [3.05, 3.63) is 29.8 Å². The summed E-state index contributed by atoms with van der Waals surface area (Å²) in [6, 6.07) is 6.63. The Kier molecular flexibility index (Phi) is 4.50. The SMILES string of the molecule is CC1CCCN(C(=O)N(C)c2ccccc2C(=O)O)C1C. The van der Waals surface area contributed by atoms with Crippen LogP contribution in [0.3, 0.4) is 0 Å². The van der Waals surface area contributed by atoms with Crippen molar-refractivity contribution in [1.29, 1.82) is 0 Å². The van der Waals surface area contributed by atoms with Crippen molar-refractivity contribution in [2.24, 2.45) is 5.92 Å². The van der Waals surface area contributed by atoms with Crippen molar-refractivity contribution in [1.82, 2.24) is 4.90 Å². The Labute approximate surface area is 125 Å². The van der Waals surface area contributed by atoms with Gasteiger partial charge in [-0.15, -0.1) is 0 Å². The summed E-state index contributed by atoms with van der Waals surface area (Å²) in [6.07, 6.45) is 2.12. The van der Waals surface area contributed by atoms with Gasteiger partial charge >= 0.3 is 12.0 Å². The highest BCUT2D eigenvalue weighted by molar-refractivity contribution is 6.01. The maximum Gasteiger partial charge on any atom is 0.337 e. The quantitative estimate of drug-likeness (QED) is 0.910. The molecule has 1 aliphatic heterocycles. The molecule has 2 unspecified atom stereocenters. The van der Waals surface area contributed by atoms with E-state index in [0.29, 0.717) is 11.6 Å². The summed E-state index contributed by atoms with van der Waals surface area (Å²) in [5, 5.41) is 9.25. The van der Waals surface area contributed by atoms with Crippen molar-refractivity contribution in [3.63, 3.8) is 0 Å².